The predicted octanol–water partition coefficient (Wildman–Crippen LogP) is 1.31. The first-order valence-electron chi connectivity index (χ1n) is 8.34. The van der Waals surface area contributed by atoms with Gasteiger partial charge in [0.2, 0.25) is 6.29 Å². The minimum absolute atomic E-state index is 0.0441. The van der Waals surface area contributed by atoms with Crippen molar-refractivity contribution in [3.63, 3.8) is 0 Å². The highest BCUT2D eigenvalue weighted by atomic mass is 16.7. The van der Waals surface area contributed by atoms with Gasteiger partial charge in [0.15, 0.2) is 17.6 Å². The van der Waals surface area contributed by atoms with Crippen LogP contribution in [0.25, 0.3) is 0 Å². The van der Waals surface area contributed by atoms with Crippen molar-refractivity contribution in [1.29, 1.82) is 0 Å². The zero-order valence-corrected chi connectivity index (χ0v) is 15.2. The monoisotopic (exact) mass is 382 g/mol. The summed E-state index contributed by atoms with van der Waals surface area (Å²) in [6.45, 7) is 3.42. The summed E-state index contributed by atoms with van der Waals surface area (Å²) in [5, 5.41) is 9.86. The molecule has 0 amide bonds. The number of benzene rings is 1. The standard InChI is InChI=1S/C18H22O9/c1-10(19)23-9-16-18(25-12(3)21)15(24-11(2)20)8-17(27-16)26-14-7-5-4-6-13(14)22/h4-7,15-18,22H,8-9H2,1-3H3. The van der Waals surface area contributed by atoms with Crippen LogP contribution in [-0.2, 0) is 33.3 Å². The molecule has 0 radical (unpaired) electrons. The maximum atomic E-state index is 11.5. The van der Waals surface area contributed by atoms with E-state index in [1.165, 1.54) is 26.8 Å². The molecule has 0 spiro atoms. The van der Waals surface area contributed by atoms with Crippen molar-refractivity contribution in [1.82, 2.24) is 0 Å². The van der Waals surface area contributed by atoms with Crippen molar-refractivity contribution >= 4 is 17.9 Å². The van der Waals surface area contributed by atoms with Gasteiger partial charge in [-0.25, -0.2) is 0 Å². The van der Waals surface area contributed by atoms with Gasteiger partial charge in [-0.05, 0) is 12.1 Å². The number of hydrogen-bond acceptors (Lipinski definition) is 9. The summed E-state index contributed by atoms with van der Waals surface area (Å²) in [4.78, 5) is 34.1. The van der Waals surface area contributed by atoms with Gasteiger partial charge < -0.3 is 28.8 Å². The fraction of sp³-hybridized carbons (Fsp3) is 0.500. The Kier molecular flexibility index (Phi) is 7.00. The van der Waals surface area contributed by atoms with Gasteiger partial charge >= 0.3 is 17.9 Å². The van der Waals surface area contributed by atoms with Crippen LogP contribution < -0.4 is 4.74 Å². The summed E-state index contributed by atoms with van der Waals surface area (Å²) >= 11 is 0. The molecule has 148 valence electrons. The molecule has 1 heterocycles. The number of para-hydroxylation sites is 2. The Hall–Kier alpha value is -2.81. The molecule has 0 aromatic heterocycles. The third-order valence-electron chi connectivity index (χ3n) is 3.68. The number of aromatic hydroxyl groups is 1. The normalized spacial score (nSPS) is 24.6. The largest absolute Gasteiger partial charge is 0.504 e. The highest BCUT2D eigenvalue weighted by Gasteiger charge is 2.44. The molecule has 2 rings (SSSR count). The van der Waals surface area contributed by atoms with Gasteiger partial charge in [0.1, 0.15) is 18.8 Å². The van der Waals surface area contributed by atoms with Crippen LogP contribution in [0.3, 0.4) is 0 Å². The lowest BCUT2D eigenvalue weighted by atomic mass is 10.0. The van der Waals surface area contributed by atoms with Crippen LogP contribution in [0.1, 0.15) is 27.2 Å². The Morgan fingerprint density at radius 1 is 1.07 bits per heavy atom. The minimum atomic E-state index is -0.977. The van der Waals surface area contributed by atoms with E-state index in [4.69, 9.17) is 23.7 Å². The van der Waals surface area contributed by atoms with E-state index < -0.39 is 42.5 Å². The molecule has 1 aliphatic heterocycles. The summed E-state index contributed by atoms with van der Waals surface area (Å²) in [6, 6.07) is 6.28. The van der Waals surface area contributed by atoms with Crippen LogP contribution in [0.2, 0.25) is 0 Å². The van der Waals surface area contributed by atoms with Crippen molar-refractivity contribution in [3.05, 3.63) is 24.3 Å². The Morgan fingerprint density at radius 2 is 1.74 bits per heavy atom. The van der Waals surface area contributed by atoms with E-state index in [0.717, 1.165) is 0 Å². The van der Waals surface area contributed by atoms with Crippen LogP contribution in [0.4, 0.5) is 0 Å². The van der Waals surface area contributed by atoms with E-state index in [1.54, 1.807) is 18.2 Å². The summed E-state index contributed by atoms with van der Waals surface area (Å²) in [7, 11) is 0. The van der Waals surface area contributed by atoms with E-state index in [0.29, 0.717) is 0 Å². The van der Waals surface area contributed by atoms with Crippen LogP contribution in [-0.4, -0.2) is 54.2 Å². The second-order valence-corrected chi connectivity index (χ2v) is 5.95. The number of phenolic OH excluding ortho intramolecular Hbond substituents is 1. The van der Waals surface area contributed by atoms with Crippen LogP contribution in [0.15, 0.2) is 24.3 Å². The summed E-state index contributed by atoms with van der Waals surface area (Å²) < 4.78 is 26.8. The van der Waals surface area contributed by atoms with Gasteiger partial charge in [0.25, 0.3) is 0 Å². The minimum Gasteiger partial charge on any atom is -0.504 e. The van der Waals surface area contributed by atoms with E-state index >= 15 is 0 Å². The summed E-state index contributed by atoms with van der Waals surface area (Å²) in [5.74, 6) is -1.65. The van der Waals surface area contributed by atoms with Gasteiger partial charge in [0, 0.05) is 20.8 Å². The second-order valence-electron chi connectivity index (χ2n) is 5.95. The van der Waals surface area contributed by atoms with E-state index in [-0.39, 0.29) is 24.5 Å². The Balaban J connectivity index is 2.22. The topological polar surface area (TPSA) is 118 Å². The lowest BCUT2D eigenvalue weighted by Crippen LogP contribution is -2.54. The number of rotatable bonds is 6. The van der Waals surface area contributed by atoms with Gasteiger partial charge in [-0.2, -0.15) is 0 Å². The molecule has 0 aliphatic carbocycles. The maximum Gasteiger partial charge on any atom is 0.303 e. The molecule has 1 aromatic rings. The number of esters is 3. The van der Waals surface area contributed by atoms with Gasteiger partial charge in [-0.15, -0.1) is 0 Å². The maximum absolute atomic E-state index is 11.5. The molecule has 4 unspecified atom stereocenters. The van der Waals surface area contributed by atoms with Crippen LogP contribution >= 0.6 is 0 Å². The fourth-order valence-corrected chi connectivity index (χ4v) is 2.67. The van der Waals surface area contributed by atoms with Gasteiger partial charge in [0.05, 0.1) is 6.42 Å². The molecule has 1 saturated heterocycles. The molecule has 1 fully saturated rings. The SMILES string of the molecule is CC(=O)OCC1OC(Oc2ccccc2O)CC(OC(C)=O)C1OC(C)=O. The Bertz CT molecular complexity index is 687. The van der Waals surface area contributed by atoms with Crippen molar-refractivity contribution in [2.75, 3.05) is 6.61 Å². The average Bonchev–Trinajstić information content (AvgIpc) is 2.56. The number of carbonyl (C=O) groups excluding carboxylic acids is 3. The van der Waals surface area contributed by atoms with E-state index in [2.05, 4.69) is 0 Å². The lowest BCUT2D eigenvalue weighted by Gasteiger charge is -2.39. The first-order valence-corrected chi connectivity index (χ1v) is 8.34. The van der Waals surface area contributed by atoms with Crippen LogP contribution in [0, 0.1) is 0 Å². The number of ether oxygens (including phenoxy) is 5. The summed E-state index contributed by atoms with van der Waals surface area (Å²) in [6.07, 6.45) is -3.67. The molecule has 9 heteroatoms. The van der Waals surface area contributed by atoms with Gasteiger partial charge in [-0.1, -0.05) is 12.1 Å². The molecule has 1 N–H and O–H groups in total. The molecular formula is C18H22O9. The Labute approximate surface area is 156 Å². The number of phenols is 1. The number of carbonyl (C=O) groups is 3. The van der Waals surface area contributed by atoms with Crippen LogP contribution in [0.5, 0.6) is 11.5 Å². The molecule has 0 bridgehead atoms. The number of hydrogen-bond donors (Lipinski definition) is 1. The van der Waals surface area contributed by atoms with Crippen molar-refractivity contribution in [2.45, 2.75) is 51.8 Å². The summed E-state index contributed by atoms with van der Waals surface area (Å²) in [5.41, 5.74) is 0. The zero-order chi connectivity index (χ0) is 20.0. The van der Waals surface area contributed by atoms with Crippen molar-refractivity contribution in [3.8, 4) is 11.5 Å². The van der Waals surface area contributed by atoms with E-state index in [9.17, 15) is 19.5 Å². The molecule has 1 aromatic carbocycles. The van der Waals surface area contributed by atoms with Crippen molar-refractivity contribution < 1.29 is 43.2 Å². The molecule has 1 aliphatic rings. The average molecular weight is 382 g/mol. The fourth-order valence-electron chi connectivity index (χ4n) is 2.67. The van der Waals surface area contributed by atoms with E-state index in [1.807, 2.05) is 0 Å². The molecule has 0 saturated carbocycles. The van der Waals surface area contributed by atoms with Gasteiger partial charge in [-0.3, -0.25) is 14.4 Å². The predicted molar refractivity (Wildman–Crippen MR) is 89.8 cm³/mol. The first-order chi connectivity index (χ1) is 12.8. The molecular weight excluding hydrogens is 360 g/mol. The molecule has 4 atom stereocenters. The highest BCUT2D eigenvalue weighted by Crippen LogP contribution is 2.31. The third kappa shape index (κ3) is 6.14. The third-order valence-corrected chi connectivity index (χ3v) is 3.68. The zero-order valence-electron chi connectivity index (χ0n) is 15.2. The molecule has 27 heavy (non-hydrogen) atoms. The second kappa shape index (κ2) is 9.22. The lowest BCUT2D eigenvalue weighted by molar-refractivity contribution is -0.246. The highest BCUT2D eigenvalue weighted by molar-refractivity contribution is 5.67. The molecule has 9 nitrogen and oxygen atoms in total. The quantitative estimate of drug-likeness (QED) is 0.574. The van der Waals surface area contributed by atoms with Crippen molar-refractivity contribution in [2.24, 2.45) is 0 Å². The first kappa shape index (κ1) is 20.5. The smallest absolute Gasteiger partial charge is 0.303 e. The Morgan fingerprint density at radius 3 is 2.33 bits per heavy atom.